The molecule has 7 heteroatoms. The van der Waals surface area contributed by atoms with Crippen molar-refractivity contribution in [3.05, 3.63) is 47.5 Å². The van der Waals surface area contributed by atoms with Gasteiger partial charge in [-0.1, -0.05) is 0 Å². The Bertz CT molecular complexity index is 663. The molecule has 0 atom stereocenters. The number of likely N-dealkylation sites (N-methyl/N-ethyl adjacent to an activating group) is 1. The highest BCUT2D eigenvalue weighted by Gasteiger charge is 2.15. The Labute approximate surface area is 142 Å². The van der Waals surface area contributed by atoms with E-state index in [1.54, 1.807) is 37.5 Å². The fourth-order valence-corrected chi connectivity index (χ4v) is 2.17. The molecule has 24 heavy (non-hydrogen) atoms. The fourth-order valence-electron chi connectivity index (χ4n) is 2.17. The summed E-state index contributed by atoms with van der Waals surface area (Å²) in [4.78, 5) is 26.8. The second-order valence-corrected chi connectivity index (χ2v) is 5.47. The van der Waals surface area contributed by atoms with Crippen LogP contribution in [0.4, 0.5) is 5.95 Å². The van der Waals surface area contributed by atoms with Crippen molar-refractivity contribution in [1.82, 2.24) is 19.9 Å². The Kier molecular flexibility index (Phi) is 6.62. The minimum Gasteiger partial charge on any atom is -0.383 e. The van der Waals surface area contributed by atoms with Crippen molar-refractivity contribution in [3.63, 3.8) is 0 Å². The molecule has 0 aliphatic rings. The number of hydrogen-bond acceptors (Lipinski definition) is 6. The minimum atomic E-state index is -0.121. The highest BCUT2D eigenvalue weighted by atomic mass is 16.5. The second kappa shape index (κ2) is 8.93. The summed E-state index contributed by atoms with van der Waals surface area (Å²) in [6.45, 7) is 3.59. The Morgan fingerprint density at radius 3 is 2.75 bits per heavy atom. The Hall–Kier alpha value is -2.54. The molecule has 2 rings (SSSR count). The summed E-state index contributed by atoms with van der Waals surface area (Å²) in [5, 5.41) is 3.05. The lowest BCUT2D eigenvalue weighted by atomic mass is 10.2. The average Bonchev–Trinajstić information content (AvgIpc) is 2.59. The molecule has 0 spiro atoms. The predicted octanol–water partition coefficient (Wildman–Crippen LogP) is 1.55. The zero-order chi connectivity index (χ0) is 17.4. The Morgan fingerprint density at radius 2 is 2.04 bits per heavy atom. The molecule has 1 amide bonds. The zero-order valence-electron chi connectivity index (χ0n) is 14.3. The molecule has 0 unspecified atom stereocenters. The lowest BCUT2D eigenvalue weighted by molar-refractivity contribution is 0.0790. The summed E-state index contributed by atoms with van der Waals surface area (Å²) in [6, 6.07) is 5.60. The number of nitrogens with zero attached hydrogens (tertiary/aromatic N) is 4. The lowest BCUT2D eigenvalue weighted by Crippen LogP contribution is -2.30. The van der Waals surface area contributed by atoms with Gasteiger partial charge in [-0.15, -0.1) is 0 Å². The third-order valence-electron chi connectivity index (χ3n) is 3.49. The van der Waals surface area contributed by atoms with Crippen molar-refractivity contribution in [2.75, 3.05) is 39.2 Å². The van der Waals surface area contributed by atoms with Crippen LogP contribution in [0.15, 0.2) is 30.6 Å². The summed E-state index contributed by atoms with van der Waals surface area (Å²) in [5.74, 6) is 0.322. The van der Waals surface area contributed by atoms with Gasteiger partial charge >= 0.3 is 0 Å². The van der Waals surface area contributed by atoms with Gasteiger partial charge < -0.3 is 15.0 Å². The topological polar surface area (TPSA) is 80.2 Å². The number of carbonyl (C=O) groups is 1. The van der Waals surface area contributed by atoms with Gasteiger partial charge in [0.05, 0.1) is 6.61 Å². The highest BCUT2D eigenvalue weighted by molar-refractivity contribution is 5.92. The first kappa shape index (κ1) is 17.8. The molecule has 2 aromatic heterocycles. The molecule has 0 aliphatic carbocycles. The van der Waals surface area contributed by atoms with Gasteiger partial charge in [-0.3, -0.25) is 9.78 Å². The van der Waals surface area contributed by atoms with Crippen molar-refractivity contribution >= 4 is 11.9 Å². The van der Waals surface area contributed by atoms with Crippen LogP contribution in [0.2, 0.25) is 0 Å². The number of ether oxygens (including phenoxy) is 1. The van der Waals surface area contributed by atoms with Crippen molar-refractivity contribution in [2.45, 2.75) is 13.3 Å². The van der Waals surface area contributed by atoms with Crippen molar-refractivity contribution in [2.24, 2.45) is 0 Å². The summed E-state index contributed by atoms with van der Waals surface area (Å²) >= 11 is 0. The molecule has 128 valence electrons. The first-order valence-electron chi connectivity index (χ1n) is 7.83. The number of rotatable bonds is 8. The van der Waals surface area contributed by atoms with E-state index in [4.69, 9.17) is 4.74 Å². The number of nitrogens with one attached hydrogen (secondary N) is 1. The summed E-state index contributed by atoms with van der Waals surface area (Å²) in [6.07, 6.45) is 4.28. The third-order valence-corrected chi connectivity index (χ3v) is 3.49. The maximum atomic E-state index is 12.6. The van der Waals surface area contributed by atoms with Gasteiger partial charge in [-0.2, -0.15) is 0 Å². The molecule has 2 aromatic rings. The van der Waals surface area contributed by atoms with E-state index in [0.29, 0.717) is 31.3 Å². The van der Waals surface area contributed by atoms with E-state index < -0.39 is 0 Å². The summed E-state index contributed by atoms with van der Waals surface area (Å²) in [7, 11) is 3.41. The molecule has 0 aromatic carbocycles. The maximum absolute atomic E-state index is 12.6. The number of pyridine rings is 1. The standard InChI is InChI=1S/C17H23N5O2/c1-13-12-15(21-17(20-13)19-9-11-24-3)16(23)22(2)10-6-14-4-7-18-8-5-14/h4-5,7-8,12H,6,9-11H2,1-3H3,(H,19,20,21). The van der Waals surface area contributed by atoms with E-state index >= 15 is 0 Å². The van der Waals surface area contributed by atoms with Crippen LogP contribution in [0.25, 0.3) is 0 Å². The van der Waals surface area contributed by atoms with Crippen LogP contribution in [-0.2, 0) is 11.2 Å². The van der Waals surface area contributed by atoms with Crippen molar-refractivity contribution in [1.29, 1.82) is 0 Å². The first-order chi connectivity index (χ1) is 11.6. The average molecular weight is 329 g/mol. The molecule has 0 saturated heterocycles. The number of anilines is 1. The minimum absolute atomic E-state index is 0.121. The maximum Gasteiger partial charge on any atom is 0.272 e. The van der Waals surface area contributed by atoms with Gasteiger partial charge in [0, 0.05) is 45.3 Å². The number of hydrogen-bond donors (Lipinski definition) is 1. The van der Waals surface area contributed by atoms with Gasteiger partial charge in [0.1, 0.15) is 5.69 Å². The van der Waals surface area contributed by atoms with E-state index in [1.807, 2.05) is 19.1 Å². The molecule has 7 nitrogen and oxygen atoms in total. The van der Waals surface area contributed by atoms with Crippen LogP contribution < -0.4 is 5.32 Å². The van der Waals surface area contributed by atoms with Crippen LogP contribution in [0.1, 0.15) is 21.7 Å². The third kappa shape index (κ3) is 5.27. The molecular formula is C17H23N5O2. The van der Waals surface area contributed by atoms with Gasteiger partial charge in [0.25, 0.3) is 5.91 Å². The predicted molar refractivity (Wildman–Crippen MR) is 92.0 cm³/mol. The van der Waals surface area contributed by atoms with E-state index in [9.17, 15) is 4.79 Å². The fraction of sp³-hybridized carbons (Fsp3) is 0.412. The monoisotopic (exact) mass is 329 g/mol. The normalized spacial score (nSPS) is 10.5. The Balaban J connectivity index is 1.99. The van der Waals surface area contributed by atoms with Crippen LogP contribution >= 0.6 is 0 Å². The lowest BCUT2D eigenvalue weighted by Gasteiger charge is -2.17. The number of aromatic nitrogens is 3. The van der Waals surface area contributed by atoms with Crippen LogP contribution in [0.5, 0.6) is 0 Å². The number of carbonyl (C=O) groups excluding carboxylic acids is 1. The largest absolute Gasteiger partial charge is 0.383 e. The van der Waals surface area contributed by atoms with E-state index in [0.717, 1.165) is 17.7 Å². The van der Waals surface area contributed by atoms with Crippen LogP contribution in [-0.4, -0.2) is 59.6 Å². The summed E-state index contributed by atoms with van der Waals surface area (Å²) in [5.41, 5.74) is 2.28. The van der Waals surface area contributed by atoms with Gasteiger partial charge in [-0.25, -0.2) is 9.97 Å². The molecule has 0 aliphatic heterocycles. The second-order valence-electron chi connectivity index (χ2n) is 5.47. The Morgan fingerprint density at radius 1 is 1.29 bits per heavy atom. The molecule has 1 N–H and O–H groups in total. The number of aryl methyl sites for hydroxylation is 1. The first-order valence-corrected chi connectivity index (χ1v) is 7.83. The van der Waals surface area contributed by atoms with Crippen molar-refractivity contribution < 1.29 is 9.53 Å². The quantitative estimate of drug-likeness (QED) is 0.740. The number of methoxy groups -OCH3 is 1. The van der Waals surface area contributed by atoms with E-state index in [1.165, 1.54) is 0 Å². The molecule has 2 heterocycles. The van der Waals surface area contributed by atoms with E-state index in [-0.39, 0.29) is 5.91 Å². The molecule has 0 bridgehead atoms. The number of amides is 1. The molecule has 0 radical (unpaired) electrons. The van der Waals surface area contributed by atoms with Crippen LogP contribution in [0.3, 0.4) is 0 Å². The van der Waals surface area contributed by atoms with Gasteiger partial charge in [-0.05, 0) is 37.1 Å². The highest BCUT2D eigenvalue weighted by Crippen LogP contribution is 2.08. The molecule has 0 saturated carbocycles. The SMILES string of the molecule is COCCNc1nc(C)cc(C(=O)N(C)CCc2ccncc2)n1. The zero-order valence-corrected chi connectivity index (χ0v) is 14.3. The smallest absolute Gasteiger partial charge is 0.272 e. The summed E-state index contributed by atoms with van der Waals surface area (Å²) < 4.78 is 4.99. The van der Waals surface area contributed by atoms with Crippen LogP contribution in [0, 0.1) is 6.92 Å². The van der Waals surface area contributed by atoms with E-state index in [2.05, 4.69) is 20.3 Å². The molecule has 0 fully saturated rings. The molecular weight excluding hydrogens is 306 g/mol. The van der Waals surface area contributed by atoms with Gasteiger partial charge in [0.15, 0.2) is 0 Å². The van der Waals surface area contributed by atoms with Crippen molar-refractivity contribution in [3.8, 4) is 0 Å². The van der Waals surface area contributed by atoms with Gasteiger partial charge in [0.2, 0.25) is 5.95 Å².